The first kappa shape index (κ1) is 17.1. The number of anilines is 1. The number of amides is 2. The lowest BCUT2D eigenvalue weighted by molar-refractivity contribution is 0.0718. The number of piperidine rings is 1. The number of benzene rings is 1. The number of hydrogen-bond donors (Lipinski definition) is 1. The van der Waals surface area contributed by atoms with Crippen molar-refractivity contribution in [3.05, 3.63) is 58.9 Å². The van der Waals surface area contributed by atoms with Crippen LogP contribution in [0.15, 0.2) is 36.5 Å². The summed E-state index contributed by atoms with van der Waals surface area (Å²) in [4.78, 5) is 31.1. The number of carbonyl (C=O) groups is 2. The molecule has 5 nitrogen and oxygen atoms in total. The molecule has 2 amide bonds. The van der Waals surface area contributed by atoms with Crippen molar-refractivity contribution in [2.45, 2.75) is 33.1 Å². The molecule has 25 heavy (non-hydrogen) atoms. The van der Waals surface area contributed by atoms with Crippen LogP contribution in [0, 0.1) is 13.8 Å². The van der Waals surface area contributed by atoms with Gasteiger partial charge in [-0.2, -0.15) is 0 Å². The van der Waals surface area contributed by atoms with Gasteiger partial charge >= 0.3 is 0 Å². The van der Waals surface area contributed by atoms with Crippen LogP contribution in [0.4, 0.5) is 5.69 Å². The molecular weight excluding hydrogens is 314 g/mol. The lowest BCUT2D eigenvalue weighted by Gasteiger charge is -2.26. The van der Waals surface area contributed by atoms with Crippen LogP contribution in [0.3, 0.4) is 0 Å². The highest BCUT2D eigenvalue weighted by molar-refractivity contribution is 6.06. The lowest BCUT2D eigenvalue weighted by Crippen LogP contribution is -2.36. The summed E-state index contributed by atoms with van der Waals surface area (Å²) in [6, 6.07) is 9.13. The van der Waals surface area contributed by atoms with Gasteiger partial charge in [0.15, 0.2) is 0 Å². The number of nitrogens with zero attached hydrogens (tertiary/aromatic N) is 2. The van der Waals surface area contributed by atoms with Crippen molar-refractivity contribution >= 4 is 17.5 Å². The molecule has 2 heterocycles. The topological polar surface area (TPSA) is 62.3 Å². The number of carbonyl (C=O) groups excluding carboxylic acids is 2. The fourth-order valence-corrected chi connectivity index (χ4v) is 3.01. The van der Waals surface area contributed by atoms with Gasteiger partial charge in [0.25, 0.3) is 11.8 Å². The first-order valence-corrected chi connectivity index (χ1v) is 8.68. The minimum absolute atomic E-state index is 0.0962. The number of likely N-dealkylation sites (tertiary alicyclic amines) is 1. The Morgan fingerprint density at radius 2 is 1.80 bits per heavy atom. The van der Waals surface area contributed by atoms with Gasteiger partial charge in [-0.25, -0.2) is 0 Å². The molecule has 1 fully saturated rings. The first-order chi connectivity index (χ1) is 12.0. The Bertz CT molecular complexity index is 795. The highest BCUT2D eigenvalue weighted by Crippen LogP contribution is 2.18. The van der Waals surface area contributed by atoms with Crippen molar-refractivity contribution in [3.63, 3.8) is 0 Å². The van der Waals surface area contributed by atoms with Gasteiger partial charge in [0.2, 0.25) is 0 Å². The number of nitrogens with one attached hydrogen (secondary N) is 1. The molecule has 130 valence electrons. The molecule has 1 N–H and O–H groups in total. The van der Waals surface area contributed by atoms with E-state index < -0.39 is 0 Å². The van der Waals surface area contributed by atoms with Crippen molar-refractivity contribution in [1.29, 1.82) is 0 Å². The zero-order chi connectivity index (χ0) is 17.8. The van der Waals surface area contributed by atoms with E-state index in [1.165, 1.54) is 6.20 Å². The smallest absolute Gasteiger partial charge is 0.272 e. The maximum Gasteiger partial charge on any atom is 0.272 e. The van der Waals surface area contributed by atoms with Crippen LogP contribution in [0.1, 0.15) is 51.2 Å². The molecule has 0 spiro atoms. The summed E-state index contributed by atoms with van der Waals surface area (Å²) in [5, 5.41) is 2.92. The molecule has 5 heteroatoms. The molecule has 2 aromatic rings. The van der Waals surface area contributed by atoms with Gasteiger partial charge in [0.05, 0.1) is 0 Å². The largest absolute Gasteiger partial charge is 0.337 e. The number of aryl methyl sites for hydroxylation is 2. The van der Waals surface area contributed by atoms with E-state index in [4.69, 9.17) is 0 Å². The molecule has 0 radical (unpaired) electrons. The predicted octanol–water partition coefficient (Wildman–Crippen LogP) is 3.58. The monoisotopic (exact) mass is 337 g/mol. The second-order valence-electron chi connectivity index (χ2n) is 6.56. The minimum atomic E-state index is -0.233. The van der Waals surface area contributed by atoms with Gasteiger partial charge in [0.1, 0.15) is 5.69 Å². The van der Waals surface area contributed by atoms with Crippen molar-refractivity contribution < 1.29 is 9.59 Å². The summed E-state index contributed by atoms with van der Waals surface area (Å²) in [5.41, 5.74) is 3.63. The highest BCUT2D eigenvalue weighted by atomic mass is 16.2. The summed E-state index contributed by atoms with van der Waals surface area (Å²) in [5.74, 6) is -0.329. The van der Waals surface area contributed by atoms with Crippen molar-refractivity contribution in [2.24, 2.45) is 0 Å². The third-order valence-electron chi connectivity index (χ3n) is 4.53. The Morgan fingerprint density at radius 3 is 2.56 bits per heavy atom. The molecule has 1 aliphatic heterocycles. The second kappa shape index (κ2) is 7.47. The molecular formula is C20H23N3O2. The lowest BCUT2D eigenvalue weighted by atomic mass is 10.1. The van der Waals surface area contributed by atoms with Crippen LogP contribution < -0.4 is 5.32 Å². The van der Waals surface area contributed by atoms with Gasteiger partial charge in [0, 0.05) is 30.5 Å². The average molecular weight is 337 g/mol. The maximum atomic E-state index is 12.6. The Hall–Kier alpha value is -2.69. The number of pyridine rings is 1. The summed E-state index contributed by atoms with van der Waals surface area (Å²) in [7, 11) is 0. The minimum Gasteiger partial charge on any atom is -0.337 e. The molecule has 1 saturated heterocycles. The molecule has 0 atom stereocenters. The molecule has 1 aromatic carbocycles. The van der Waals surface area contributed by atoms with E-state index in [9.17, 15) is 9.59 Å². The maximum absolute atomic E-state index is 12.6. The van der Waals surface area contributed by atoms with Crippen LogP contribution in [-0.2, 0) is 0 Å². The quantitative estimate of drug-likeness (QED) is 0.931. The standard InChI is InChI=1S/C20H23N3O2/c1-14-6-7-15(2)17(12-14)22-19(24)16-8-9-21-18(13-16)20(25)23-10-4-3-5-11-23/h6-9,12-13H,3-5,10-11H2,1-2H3,(H,22,24). The average Bonchev–Trinajstić information content (AvgIpc) is 2.65. The molecule has 1 aliphatic rings. The van der Waals surface area contributed by atoms with E-state index in [0.29, 0.717) is 11.3 Å². The second-order valence-corrected chi connectivity index (χ2v) is 6.56. The number of aromatic nitrogens is 1. The van der Waals surface area contributed by atoms with Gasteiger partial charge in [-0.1, -0.05) is 12.1 Å². The number of rotatable bonds is 3. The number of hydrogen-bond acceptors (Lipinski definition) is 3. The molecule has 0 aliphatic carbocycles. The Balaban J connectivity index is 1.77. The fraction of sp³-hybridized carbons (Fsp3) is 0.350. The van der Waals surface area contributed by atoms with E-state index in [1.54, 1.807) is 12.1 Å². The van der Waals surface area contributed by atoms with E-state index in [2.05, 4.69) is 10.3 Å². The summed E-state index contributed by atoms with van der Waals surface area (Å²) in [6.07, 6.45) is 4.74. The highest BCUT2D eigenvalue weighted by Gasteiger charge is 2.20. The first-order valence-electron chi connectivity index (χ1n) is 8.68. The zero-order valence-corrected chi connectivity index (χ0v) is 14.7. The van der Waals surface area contributed by atoms with E-state index >= 15 is 0 Å². The molecule has 0 bridgehead atoms. The third-order valence-corrected chi connectivity index (χ3v) is 4.53. The molecule has 0 saturated carbocycles. The Morgan fingerprint density at radius 1 is 1.04 bits per heavy atom. The van der Waals surface area contributed by atoms with E-state index in [-0.39, 0.29) is 11.8 Å². The summed E-state index contributed by atoms with van der Waals surface area (Å²) >= 11 is 0. The summed E-state index contributed by atoms with van der Waals surface area (Å²) in [6.45, 7) is 5.46. The van der Waals surface area contributed by atoms with Gasteiger partial charge < -0.3 is 10.2 Å². The molecule has 1 aromatic heterocycles. The van der Waals surface area contributed by atoms with Crippen molar-refractivity contribution in [2.75, 3.05) is 18.4 Å². The van der Waals surface area contributed by atoms with Gasteiger partial charge in [-0.3, -0.25) is 14.6 Å². The SMILES string of the molecule is Cc1ccc(C)c(NC(=O)c2ccnc(C(=O)N3CCCCC3)c2)c1. The van der Waals surface area contributed by atoms with Gasteiger partial charge in [-0.05, 0) is 62.4 Å². The normalized spacial score (nSPS) is 14.2. The molecule has 3 rings (SSSR count). The van der Waals surface area contributed by atoms with Crippen LogP contribution >= 0.6 is 0 Å². The van der Waals surface area contributed by atoms with E-state index in [1.807, 2.05) is 36.9 Å². The van der Waals surface area contributed by atoms with Crippen molar-refractivity contribution in [1.82, 2.24) is 9.88 Å². The van der Waals surface area contributed by atoms with E-state index in [0.717, 1.165) is 49.2 Å². The van der Waals surface area contributed by atoms with Crippen LogP contribution in [0.5, 0.6) is 0 Å². The Kier molecular flexibility index (Phi) is 5.12. The third kappa shape index (κ3) is 4.05. The van der Waals surface area contributed by atoms with Crippen LogP contribution in [0.25, 0.3) is 0 Å². The summed E-state index contributed by atoms with van der Waals surface area (Å²) < 4.78 is 0. The van der Waals surface area contributed by atoms with Gasteiger partial charge in [-0.15, -0.1) is 0 Å². The Labute approximate surface area is 148 Å². The van der Waals surface area contributed by atoms with Crippen molar-refractivity contribution in [3.8, 4) is 0 Å². The fourth-order valence-electron chi connectivity index (χ4n) is 3.01. The zero-order valence-electron chi connectivity index (χ0n) is 14.7. The van der Waals surface area contributed by atoms with Crippen LogP contribution in [0.2, 0.25) is 0 Å². The molecule has 0 unspecified atom stereocenters. The predicted molar refractivity (Wildman–Crippen MR) is 97.9 cm³/mol. The van der Waals surface area contributed by atoms with Crippen LogP contribution in [-0.4, -0.2) is 34.8 Å².